The summed E-state index contributed by atoms with van der Waals surface area (Å²) in [5.41, 5.74) is 0.880. The molecule has 2 heterocycles. The molecule has 1 aliphatic carbocycles. The minimum absolute atomic E-state index is 0.0307. The minimum Gasteiger partial charge on any atom is -0.338 e. The molecule has 2 amide bonds. The van der Waals surface area contributed by atoms with E-state index >= 15 is 0 Å². The number of carbonyl (C=O) groups is 2. The summed E-state index contributed by atoms with van der Waals surface area (Å²) < 4.78 is 38.4. The SMILES string of the molecule is CS(=O)(=O)Nc1ccc(C(=O)N2CC3C(C2)C3NCC(=O)N2C[C@@H](F)C[C@H]2C#N)cc1. The standard InChI is InChI=1S/C20H24FN5O4S/c1-31(29,30)24-14-4-2-12(3-5-14)20(28)25-10-16-17(11-25)19(16)23-8-18(27)26-9-13(21)6-15(26)7-22/h2-5,13,15-17,19,23-24H,6,8-11H2,1H3/t13-,15-,16?,17?,19?/m0/s1. The first-order valence-electron chi connectivity index (χ1n) is 10.1. The van der Waals surface area contributed by atoms with Crippen molar-refractivity contribution in [2.45, 2.75) is 24.7 Å². The zero-order valence-electron chi connectivity index (χ0n) is 17.0. The van der Waals surface area contributed by atoms with Crippen LogP contribution in [0.2, 0.25) is 0 Å². The highest BCUT2D eigenvalue weighted by molar-refractivity contribution is 7.92. The number of sulfonamides is 1. The largest absolute Gasteiger partial charge is 0.338 e. The fourth-order valence-electron chi connectivity index (χ4n) is 4.56. The summed E-state index contributed by atoms with van der Waals surface area (Å²) in [5, 5.41) is 12.3. The van der Waals surface area contributed by atoms with E-state index in [2.05, 4.69) is 10.0 Å². The molecule has 3 fully saturated rings. The van der Waals surface area contributed by atoms with Gasteiger partial charge >= 0.3 is 0 Å². The lowest BCUT2D eigenvalue weighted by atomic mass is 10.2. The second-order valence-electron chi connectivity index (χ2n) is 8.42. The smallest absolute Gasteiger partial charge is 0.253 e. The van der Waals surface area contributed by atoms with E-state index in [0.29, 0.717) is 24.3 Å². The molecule has 166 valence electrons. The zero-order chi connectivity index (χ0) is 22.3. The Kier molecular flexibility index (Phi) is 5.61. The van der Waals surface area contributed by atoms with Crippen LogP contribution in [0.25, 0.3) is 0 Å². The van der Waals surface area contributed by atoms with Gasteiger partial charge in [-0.1, -0.05) is 0 Å². The van der Waals surface area contributed by atoms with E-state index in [1.54, 1.807) is 29.2 Å². The van der Waals surface area contributed by atoms with Crippen LogP contribution in [0.15, 0.2) is 24.3 Å². The number of alkyl halides is 1. The Hall–Kier alpha value is -2.71. The molecular weight excluding hydrogens is 425 g/mol. The van der Waals surface area contributed by atoms with Crippen LogP contribution >= 0.6 is 0 Å². The molecule has 0 spiro atoms. The van der Waals surface area contributed by atoms with Gasteiger partial charge in [0.1, 0.15) is 12.2 Å². The van der Waals surface area contributed by atoms with Gasteiger partial charge in [-0.15, -0.1) is 0 Å². The molecule has 31 heavy (non-hydrogen) atoms. The lowest BCUT2D eigenvalue weighted by Crippen LogP contribution is -2.43. The third kappa shape index (κ3) is 4.65. The van der Waals surface area contributed by atoms with E-state index < -0.39 is 22.2 Å². The molecule has 2 unspecified atom stereocenters. The van der Waals surface area contributed by atoms with Crippen molar-refractivity contribution in [3.8, 4) is 6.07 Å². The van der Waals surface area contributed by atoms with Crippen LogP contribution < -0.4 is 10.0 Å². The Balaban J connectivity index is 1.24. The number of benzene rings is 1. The van der Waals surface area contributed by atoms with E-state index in [9.17, 15) is 22.4 Å². The second-order valence-corrected chi connectivity index (χ2v) is 10.2. The maximum absolute atomic E-state index is 13.5. The number of fused-ring (bicyclic) bond motifs is 1. The summed E-state index contributed by atoms with van der Waals surface area (Å²) in [7, 11) is -3.37. The number of rotatable bonds is 6. The quantitative estimate of drug-likeness (QED) is 0.639. The summed E-state index contributed by atoms with van der Waals surface area (Å²) >= 11 is 0. The monoisotopic (exact) mass is 449 g/mol. The maximum atomic E-state index is 13.5. The first kappa shape index (κ1) is 21.5. The van der Waals surface area contributed by atoms with Crippen molar-refractivity contribution in [3.05, 3.63) is 29.8 Å². The summed E-state index contributed by atoms with van der Waals surface area (Å²) in [4.78, 5) is 28.1. The predicted octanol–water partition coefficient (Wildman–Crippen LogP) is 0.181. The molecule has 0 radical (unpaired) electrons. The molecule has 0 bridgehead atoms. The van der Waals surface area contributed by atoms with E-state index in [4.69, 9.17) is 5.26 Å². The third-order valence-electron chi connectivity index (χ3n) is 6.12. The van der Waals surface area contributed by atoms with Gasteiger partial charge in [0.2, 0.25) is 15.9 Å². The molecule has 1 saturated carbocycles. The van der Waals surface area contributed by atoms with Crippen LogP contribution in [0, 0.1) is 23.2 Å². The summed E-state index contributed by atoms with van der Waals surface area (Å²) in [6.45, 7) is 1.19. The maximum Gasteiger partial charge on any atom is 0.253 e. The number of anilines is 1. The molecule has 1 aromatic carbocycles. The fourth-order valence-corrected chi connectivity index (χ4v) is 5.13. The molecule has 1 aromatic rings. The average Bonchev–Trinajstić information content (AvgIpc) is 3.04. The van der Waals surface area contributed by atoms with Crippen molar-refractivity contribution in [3.63, 3.8) is 0 Å². The topological polar surface area (TPSA) is 123 Å². The van der Waals surface area contributed by atoms with Gasteiger partial charge in [-0.3, -0.25) is 14.3 Å². The van der Waals surface area contributed by atoms with Gasteiger partial charge in [0.15, 0.2) is 0 Å². The van der Waals surface area contributed by atoms with Crippen LogP contribution in [-0.2, 0) is 14.8 Å². The van der Waals surface area contributed by atoms with E-state index in [-0.39, 0.29) is 49.2 Å². The number of nitrogens with one attached hydrogen (secondary N) is 2. The van der Waals surface area contributed by atoms with Crippen LogP contribution in [0.1, 0.15) is 16.8 Å². The molecular formula is C20H24FN5O4S. The van der Waals surface area contributed by atoms with Crippen molar-refractivity contribution in [1.82, 2.24) is 15.1 Å². The van der Waals surface area contributed by atoms with Crippen LogP contribution in [0.3, 0.4) is 0 Å². The average molecular weight is 450 g/mol. The van der Waals surface area contributed by atoms with Crippen molar-refractivity contribution in [2.75, 3.05) is 37.2 Å². The fraction of sp³-hybridized carbons (Fsp3) is 0.550. The number of carbonyl (C=O) groups excluding carboxylic acids is 2. The zero-order valence-corrected chi connectivity index (χ0v) is 17.8. The lowest BCUT2D eigenvalue weighted by Gasteiger charge is -2.22. The Morgan fingerprint density at radius 3 is 2.42 bits per heavy atom. The van der Waals surface area contributed by atoms with E-state index in [0.717, 1.165) is 6.26 Å². The molecule has 0 aromatic heterocycles. The predicted molar refractivity (Wildman–Crippen MR) is 110 cm³/mol. The van der Waals surface area contributed by atoms with E-state index in [1.807, 2.05) is 6.07 Å². The van der Waals surface area contributed by atoms with Gasteiger partial charge in [-0.2, -0.15) is 5.26 Å². The number of hydrogen-bond donors (Lipinski definition) is 2. The van der Waals surface area contributed by atoms with E-state index in [1.165, 1.54) is 4.90 Å². The first-order chi connectivity index (χ1) is 14.7. The summed E-state index contributed by atoms with van der Waals surface area (Å²) in [5.74, 6) is 0.146. The Morgan fingerprint density at radius 1 is 1.19 bits per heavy atom. The van der Waals surface area contributed by atoms with Gasteiger partial charge in [0, 0.05) is 36.8 Å². The molecule has 3 aliphatic rings. The normalized spacial score (nSPS) is 29.4. The van der Waals surface area contributed by atoms with Gasteiger partial charge in [0.05, 0.1) is 25.4 Å². The number of likely N-dealkylation sites (tertiary alicyclic amines) is 2. The number of piperidine rings is 1. The molecule has 9 nitrogen and oxygen atoms in total. The van der Waals surface area contributed by atoms with Gasteiger partial charge in [0.25, 0.3) is 5.91 Å². The summed E-state index contributed by atoms with van der Waals surface area (Å²) in [6, 6.07) is 7.70. The minimum atomic E-state index is -3.37. The lowest BCUT2D eigenvalue weighted by molar-refractivity contribution is -0.130. The van der Waals surface area contributed by atoms with Gasteiger partial charge in [-0.25, -0.2) is 12.8 Å². The van der Waals surface area contributed by atoms with Crippen LogP contribution in [0.5, 0.6) is 0 Å². The molecule has 4 atom stereocenters. The molecule has 4 rings (SSSR count). The molecule has 11 heteroatoms. The Labute approximate surface area is 180 Å². The van der Waals surface area contributed by atoms with Gasteiger partial charge < -0.3 is 15.1 Å². The highest BCUT2D eigenvalue weighted by atomic mass is 32.2. The number of hydrogen-bond acceptors (Lipinski definition) is 6. The molecule has 2 aliphatic heterocycles. The van der Waals surface area contributed by atoms with Crippen molar-refractivity contribution < 1.29 is 22.4 Å². The second kappa shape index (κ2) is 8.09. The Bertz CT molecular complexity index is 1010. The summed E-state index contributed by atoms with van der Waals surface area (Å²) in [6.07, 6.45) is -0.0188. The highest BCUT2D eigenvalue weighted by Gasteiger charge is 2.56. The number of amides is 2. The molecule has 2 N–H and O–H groups in total. The number of nitrogens with zero attached hydrogens (tertiary/aromatic N) is 3. The number of nitriles is 1. The third-order valence-corrected chi connectivity index (χ3v) is 6.73. The van der Waals surface area contributed by atoms with Gasteiger partial charge in [-0.05, 0) is 36.1 Å². The van der Waals surface area contributed by atoms with Crippen LogP contribution in [0.4, 0.5) is 10.1 Å². The first-order valence-corrected chi connectivity index (χ1v) is 12.0. The Morgan fingerprint density at radius 2 is 1.84 bits per heavy atom. The van der Waals surface area contributed by atoms with Crippen molar-refractivity contribution >= 4 is 27.5 Å². The van der Waals surface area contributed by atoms with Crippen molar-refractivity contribution in [2.24, 2.45) is 11.8 Å². The van der Waals surface area contributed by atoms with Crippen molar-refractivity contribution in [1.29, 1.82) is 5.26 Å². The molecule has 2 saturated heterocycles. The number of halogens is 1. The van der Waals surface area contributed by atoms with Crippen LogP contribution in [-0.4, -0.2) is 80.7 Å². The highest BCUT2D eigenvalue weighted by Crippen LogP contribution is 2.45.